The Kier molecular flexibility index (Phi) is 3.46. The monoisotopic (exact) mass is 239 g/mol. The fourth-order valence-corrected chi connectivity index (χ4v) is 2.29. The minimum absolute atomic E-state index is 0.284. The van der Waals surface area contributed by atoms with Crippen LogP contribution in [0.5, 0.6) is 0 Å². The number of aliphatic carboxylic acids is 1. The lowest BCUT2D eigenvalue weighted by molar-refractivity contribution is -0.139. The van der Waals surface area contributed by atoms with Crippen LogP contribution in [0.4, 0.5) is 0 Å². The van der Waals surface area contributed by atoms with E-state index in [1.807, 2.05) is 24.3 Å². The molecule has 0 saturated carbocycles. The van der Waals surface area contributed by atoms with Gasteiger partial charge >= 0.3 is 5.97 Å². The summed E-state index contributed by atoms with van der Waals surface area (Å²) in [7, 11) is 0. The van der Waals surface area contributed by atoms with Crippen LogP contribution in [0.25, 0.3) is 0 Å². The van der Waals surface area contributed by atoms with E-state index in [0.717, 1.165) is 24.7 Å². The number of hydrogen-bond acceptors (Lipinski definition) is 2. The lowest BCUT2D eigenvalue weighted by Gasteiger charge is -2.38. The molecule has 0 bridgehead atoms. The number of hydrogen-bond donors (Lipinski definition) is 1. The minimum Gasteiger partial charge on any atom is -0.481 e. The van der Waals surface area contributed by atoms with Gasteiger partial charge in [0.2, 0.25) is 0 Å². The van der Waals surface area contributed by atoms with Crippen LogP contribution < -0.4 is 0 Å². The van der Waals surface area contributed by atoms with Crippen molar-refractivity contribution >= 4 is 17.6 Å². The molecule has 1 aliphatic rings. The number of carboxylic acid groups (broad SMARTS) is 1. The molecule has 0 spiro atoms. The van der Waals surface area contributed by atoms with E-state index in [2.05, 4.69) is 4.90 Å². The summed E-state index contributed by atoms with van der Waals surface area (Å²) in [6.07, 6.45) is 0.284. The Hall–Kier alpha value is -1.06. The van der Waals surface area contributed by atoms with Crippen LogP contribution in [-0.2, 0) is 11.3 Å². The van der Waals surface area contributed by atoms with Gasteiger partial charge in [0.15, 0.2) is 0 Å². The Bertz CT molecular complexity index is 388. The molecule has 1 N–H and O–H groups in total. The van der Waals surface area contributed by atoms with Crippen molar-refractivity contribution in [3.63, 3.8) is 0 Å². The van der Waals surface area contributed by atoms with E-state index >= 15 is 0 Å². The highest BCUT2D eigenvalue weighted by atomic mass is 35.5. The summed E-state index contributed by atoms with van der Waals surface area (Å²) in [4.78, 5) is 12.7. The minimum atomic E-state index is -0.701. The van der Waals surface area contributed by atoms with E-state index in [1.165, 1.54) is 5.56 Å². The molecular formula is C12H14ClNO2. The molecule has 3 nitrogen and oxygen atoms in total. The Balaban J connectivity index is 1.79. The summed E-state index contributed by atoms with van der Waals surface area (Å²) in [6.45, 7) is 2.61. The first-order valence-corrected chi connectivity index (χ1v) is 5.70. The second-order valence-electron chi connectivity index (χ2n) is 4.29. The van der Waals surface area contributed by atoms with Gasteiger partial charge < -0.3 is 5.11 Å². The van der Waals surface area contributed by atoms with Crippen LogP contribution in [0, 0.1) is 5.92 Å². The molecule has 16 heavy (non-hydrogen) atoms. The molecule has 1 heterocycles. The van der Waals surface area contributed by atoms with Crippen molar-refractivity contribution in [3.05, 3.63) is 34.9 Å². The predicted octanol–water partition coefficient (Wildman–Crippen LogP) is 2.25. The molecule has 86 valence electrons. The standard InChI is InChI=1S/C12H14ClNO2/c13-11-3-1-2-9(4-11)6-14-7-10(8-14)5-12(15)16/h1-4,10H,5-8H2,(H,15,16). The lowest BCUT2D eigenvalue weighted by Crippen LogP contribution is -2.46. The number of carbonyl (C=O) groups is 1. The quantitative estimate of drug-likeness (QED) is 0.876. The summed E-state index contributed by atoms with van der Waals surface area (Å²) in [5, 5.41) is 9.38. The molecule has 0 atom stereocenters. The highest BCUT2D eigenvalue weighted by molar-refractivity contribution is 6.30. The molecule has 1 aliphatic heterocycles. The van der Waals surface area contributed by atoms with E-state index < -0.39 is 5.97 Å². The van der Waals surface area contributed by atoms with Gasteiger partial charge in [0, 0.05) is 24.7 Å². The molecule has 0 aliphatic carbocycles. The second kappa shape index (κ2) is 4.85. The number of benzene rings is 1. The molecule has 1 saturated heterocycles. The van der Waals surface area contributed by atoms with Crippen LogP contribution in [0.1, 0.15) is 12.0 Å². The van der Waals surface area contributed by atoms with E-state index in [1.54, 1.807) is 0 Å². The van der Waals surface area contributed by atoms with Crippen molar-refractivity contribution in [2.24, 2.45) is 5.92 Å². The molecule has 0 radical (unpaired) electrons. The fourth-order valence-electron chi connectivity index (χ4n) is 2.08. The summed E-state index contributed by atoms with van der Waals surface area (Å²) < 4.78 is 0. The van der Waals surface area contributed by atoms with Crippen LogP contribution in [-0.4, -0.2) is 29.1 Å². The van der Waals surface area contributed by atoms with E-state index in [4.69, 9.17) is 16.7 Å². The first-order chi connectivity index (χ1) is 7.63. The predicted molar refractivity (Wildman–Crippen MR) is 62.5 cm³/mol. The Labute approximate surface area is 99.6 Å². The number of likely N-dealkylation sites (tertiary alicyclic amines) is 1. The van der Waals surface area contributed by atoms with E-state index in [9.17, 15) is 4.79 Å². The summed E-state index contributed by atoms with van der Waals surface area (Å²) >= 11 is 5.89. The molecule has 1 fully saturated rings. The summed E-state index contributed by atoms with van der Waals surface area (Å²) in [5.41, 5.74) is 1.18. The largest absolute Gasteiger partial charge is 0.481 e. The average molecular weight is 240 g/mol. The zero-order valence-corrected chi connectivity index (χ0v) is 9.65. The summed E-state index contributed by atoms with van der Waals surface area (Å²) in [5.74, 6) is -0.385. The lowest BCUT2D eigenvalue weighted by atomic mass is 9.96. The SMILES string of the molecule is O=C(O)CC1CN(Cc2cccc(Cl)c2)C1. The van der Waals surface area contributed by atoms with Gasteiger partial charge in [-0.3, -0.25) is 9.69 Å². The zero-order valence-electron chi connectivity index (χ0n) is 8.90. The Morgan fingerprint density at radius 3 is 2.88 bits per heavy atom. The van der Waals surface area contributed by atoms with Crippen molar-refractivity contribution in [2.45, 2.75) is 13.0 Å². The van der Waals surface area contributed by atoms with Gasteiger partial charge in [-0.1, -0.05) is 23.7 Å². The third kappa shape index (κ3) is 2.97. The van der Waals surface area contributed by atoms with Crippen molar-refractivity contribution in [1.82, 2.24) is 4.90 Å². The van der Waals surface area contributed by atoms with Crippen molar-refractivity contribution < 1.29 is 9.90 Å². The molecule has 4 heteroatoms. The highest BCUT2D eigenvalue weighted by Crippen LogP contribution is 2.22. The number of carboxylic acids is 1. The van der Waals surface area contributed by atoms with Crippen LogP contribution in [0.2, 0.25) is 5.02 Å². The smallest absolute Gasteiger partial charge is 0.303 e. The maximum atomic E-state index is 10.5. The number of halogens is 1. The fraction of sp³-hybridized carbons (Fsp3) is 0.417. The van der Waals surface area contributed by atoms with Crippen molar-refractivity contribution in [3.8, 4) is 0 Å². The Morgan fingerprint density at radius 2 is 2.25 bits per heavy atom. The van der Waals surface area contributed by atoms with Crippen LogP contribution >= 0.6 is 11.6 Å². The van der Waals surface area contributed by atoms with Gasteiger partial charge in [-0.25, -0.2) is 0 Å². The first-order valence-electron chi connectivity index (χ1n) is 5.32. The Morgan fingerprint density at radius 1 is 1.50 bits per heavy atom. The number of rotatable bonds is 4. The van der Waals surface area contributed by atoms with Gasteiger partial charge in [0.25, 0.3) is 0 Å². The van der Waals surface area contributed by atoms with E-state index in [-0.39, 0.29) is 6.42 Å². The molecule has 0 unspecified atom stereocenters. The summed E-state index contributed by atoms with van der Waals surface area (Å²) in [6, 6.07) is 7.78. The first kappa shape index (κ1) is 11.4. The van der Waals surface area contributed by atoms with Gasteiger partial charge in [0.05, 0.1) is 6.42 Å². The van der Waals surface area contributed by atoms with Gasteiger partial charge in [-0.05, 0) is 23.6 Å². The molecule has 1 aromatic rings. The maximum absolute atomic E-state index is 10.5. The van der Waals surface area contributed by atoms with Crippen LogP contribution in [0.15, 0.2) is 24.3 Å². The molecule has 1 aromatic carbocycles. The topological polar surface area (TPSA) is 40.5 Å². The molecular weight excluding hydrogens is 226 g/mol. The van der Waals surface area contributed by atoms with E-state index in [0.29, 0.717) is 5.92 Å². The highest BCUT2D eigenvalue weighted by Gasteiger charge is 2.28. The molecule has 0 aromatic heterocycles. The maximum Gasteiger partial charge on any atom is 0.303 e. The number of nitrogens with zero attached hydrogens (tertiary/aromatic N) is 1. The normalized spacial score (nSPS) is 17.1. The molecule has 2 rings (SSSR count). The van der Waals surface area contributed by atoms with Gasteiger partial charge in [0.1, 0.15) is 0 Å². The van der Waals surface area contributed by atoms with Crippen molar-refractivity contribution in [1.29, 1.82) is 0 Å². The zero-order chi connectivity index (χ0) is 11.5. The molecule has 0 amide bonds. The third-order valence-corrected chi connectivity index (χ3v) is 3.03. The second-order valence-corrected chi connectivity index (χ2v) is 4.72. The van der Waals surface area contributed by atoms with Crippen LogP contribution in [0.3, 0.4) is 0 Å². The van der Waals surface area contributed by atoms with Gasteiger partial charge in [-0.15, -0.1) is 0 Å². The third-order valence-electron chi connectivity index (χ3n) is 2.79. The van der Waals surface area contributed by atoms with Crippen molar-refractivity contribution in [2.75, 3.05) is 13.1 Å². The average Bonchev–Trinajstić information content (AvgIpc) is 2.14. The van der Waals surface area contributed by atoms with Gasteiger partial charge in [-0.2, -0.15) is 0 Å².